The van der Waals surface area contributed by atoms with Gasteiger partial charge in [0.15, 0.2) is 0 Å². The molecule has 1 aromatic rings. The van der Waals surface area contributed by atoms with Crippen LogP contribution in [0.25, 0.3) is 0 Å². The topological polar surface area (TPSA) is 60.9 Å². The maximum Gasteiger partial charge on any atom is 0.269 e. The summed E-state index contributed by atoms with van der Waals surface area (Å²) in [6, 6.07) is 1.74. The molecule has 1 amide bonds. The number of primary amides is 1. The van der Waals surface area contributed by atoms with Gasteiger partial charge in [-0.2, -0.15) is 5.10 Å². The molecular formula is C8H13N3O. The largest absolute Gasteiger partial charge is 0.364 e. The molecule has 0 radical (unpaired) electrons. The molecule has 1 aromatic heterocycles. The molecule has 0 saturated carbocycles. The van der Waals surface area contributed by atoms with E-state index in [-0.39, 0.29) is 0 Å². The van der Waals surface area contributed by atoms with Crippen molar-refractivity contribution in [2.45, 2.75) is 19.8 Å². The first-order valence-electron chi connectivity index (χ1n) is 3.98. The molecule has 4 heteroatoms. The number of aryl methyl sites for hydroxylation is 2. The fourth-order valence-electron chi connectivity index (χ4n) is 1.12. The van der Waals surface area contributed by atoms with Crippen LogP contribution in [0, 0.1) is 0 Å². The molecule has 12 heavy (non-hydrogen) atoms. The van der Waals surface area contributed by atoms with Crippen LogP contribution in [0.3, 0.4) is 0 Å². The Morgan fingerprint density at radius 1 is 1.75 bits per heavy atom. The molecule has 0 aliphatic heterocycles. The predicted octanol–water partition coefficient (Wildman–Crippen LogP) is 0.471. The minimum Gasteiger partial charge on any atom is -0.364 e. The minimum atomic E-state index is -0.465. The number of hydrogen-bond donors (Lipinski definition) is 1. The highest BCUT2D eigenvalue weighted by molar-refractivity contribution is 5.90. The third-order valence-electron chi connectivity index (χ3n) is 1.74. The number of carbonyl (C=O) groups excluding carboxylic acids is 1. The van der Waals surface area contributed by atoms with E-state index < -0.39 is 5.91 Å². The van der Waals surface area contributed by atoms with Crippen LogP contribution in [0.5, 0.6) is 0 Å². The Hall–Kier alpha value is -1.32. The maximum absolute atomic E-state index is 10.7. The Kier molecular flexibility index (Phi) is 2.47. The second-order valence-corrected chi connectivity index (χ2v) is 2.76. The van der Waals surface area contributed by atoms with Gasteiger partial charge < -0.3 is 5.73 Å². The molecular weight excluding hydrogens is 154 g/mol. The predicted molar refractivity (Wildman–Crippen MR) is 45.7 cm³/mol. The summed E-state index contributed by atoms with van der Waals surface area (Å²) in [5, 5.41) is 3.97. The summed E-state index contributed by atoms with van der Waals surface area (Å²) < 4.78 is 1.70. The fraction of sp³-hybridized carbons (Fsp3) is 0.500. The minimum absolute atomic E-state index is 0.348. The Bertz CT molecular complexity index is 290. The van der Waals surface area contributed by atoms with Crippen molar-refractivity contribution in [1.29, 1.82) is 0 Å². The van der Waals surface area contributed by atoms with Crippen LogP contribution in [-0.2, 0) is 13.5 Å². The van der Waals surface area contributed by atoms with Crippen LogP contribution in [0.4, 0.5) is 0 Å². The summed E-state index contributed by atoms with van der Waals surface area (Å²) in [7, 11) is 1.82. The summed E-state index contributed by atoms with van der Waals surface area (Å²) >= 11 is 0. The Labute approximate surface area is 71.4 Å². The van der Waals surface area contributed by atoms with E-state index in [1.807, 2.05) is 7.05 Å². The lowest BCUT2D eigenvalue weighted by Gasteiger charge is -1.95. The summed E-state index contributed by atoms with van der Waals surface area (Å²) in [6.45, 7) is 2.08. The number of hydrogen-bond acceptors (Lipinski definition) is 2. The fourth-order valence-corrected chi connectivity index (χ4v) is 1.12. The molecule has 66 valence electrons. The lowest BCUT2D eigenvalue weighted by atomic mass is 10.2. The molecule has 4 nitrogen and oxygen atoms in total. The number of amides is 1. The SMILES string of the molecule is CCCc1cc(C(N)=O)nn1C. The molecule has 0 bridgehead atoms. The molecule has 0 atom stereocenters. The van der Waals surface area contributed by atoms with Gasteiger partial charge in [-0.1, -0.05) is 13.3 Å². The van der Waals surface area contributed by atoms with Crippen LogP contribution in [0.15, 0.2) is 6.07 Å². The molecule has 1 rings (SSSR count). The highest BCUT2D eigenvalue weighted by Crippen LogP contribution is 2.04. The molecule has 0 saturated heterocycles. The standard InChI is InChI=1S/C8H13N3O/c1-3-4-6-5-7(8(9)12)10-11(6)2/h5H,3-4H2,1-2H3,(H2,9,12). The van der Waals surface area contributed by atoms with Crippen LogP contribution in [0.1, 0.15) is 29.5 Å². The second kappa shape index (κ2) is 3.38. The van der Waals surface area contributed by atoms with E-state index in [0.29, 0.717) is 5.69 Å². The number of nitrogens with zero attached hydrogens (tertiary/aromatic N) is 2. The van der Waals surface area contributed by atoms with Gasteiger partial charge in [0.05, 0.1) is 0 Å². The summed E-state index contributed by atoms with van der Waals surface area (Å²) in [5.74, 6) is -0.465. The molecule has 0 aliphatic carbocycles. The molecule has 2 N–H and O–H groups in total. The first-order chi connectivity index (χ1) is 5.65. The molecule has 0 fully saturated rings. The Morgan fingerprint density at radius 2 is 2.42 bits per heavy atom. The van der Waals surface area contributed by atoms with Crippen molar-refractivity contribution < 1.29 is 4.79 Å². The van der Waals surface area contributed by atoms with Crippen molar-refractivity contribution in [1.82, 2.24) is 9.78 Å². The second-order valence-electron chi connectivity index (χ2n) is 2.76. The first-order valence-corrected chi connectivity index (χ1v) is 3.98. The summed E-state index contributed by atoms with van der Waals surface area (Å²) in [5.41, 5.74) is 6.47. The zero-order chi connectivity index (χ0) is 9.14. The first kappa shape index (κ1) is 8.77. The van der Waals surface area contributed by atoms with Gasteiger partial charge in [0, 0.05) is 12.7 Å². The quantitative estimate of drug-likeness (QED) is 0.711. The molecule has 0 aromatic carbocycles. The van der Waals surface area contributed by atoms with Crippen LogP contribution < -0.4 is 5.73 Å². The third kappa shape index (κ3) is 1.64. The van der Waals surface area contributed by atoms with E-state index in [1.54, 1.807) is 10.7 Å². The lowest BCUT2D eigenvalue weighted by molar-refractivity contribution is 0.0995. The van der Waals surface area contributed by atoms with Gasteiger partial charge in [0.1, 0.15) is 5.69 Å². The number of aromatic nitrogens is 2. The normalized spacial score (nSPS) is 10.2. The van der Waals surface area contributed by atoms with E-state index in [1.165, 1.54) is 0 Å². The van der Waals surface area contributed by atoms with Gasteiger partial charge in [-0.05, 0) is 12.5 Å². The molecule has 0 aliphatic rings. The highest BCUT2D eigenvalue weighted by atomic mass is 16.1. The smallest absolute Gasteiger partial charge is 0.269 e. The van der Waals surface area contributed by atoms with Crippen molar-refractivity contribution in [2.75, 3.05) is 0 Å². The molecule has 1 heterocycles. The van der Waals surface area contributed by atoms with Crippen molar-refractivity contribution >= 4 is 5.91 Å². The van der Waals surface area contributed by atoms with Gasteiger partial charge in [0.25, 0.3) is 5.91 Å². The van der Waals surface area contributed by atoms with Gasteiger partial charge in [-0.25, -0.2) is 0 Å². The van der Waals surface area contributed by atoms with E-state index in [0.717, 1.165) is 18.5 Å². The Balaban J connectivity index is 2.92. The maximum atomic E-state index is 10.7. The number of carbonyl (C=O) groups is 1. The zero-order valence-electron chi connectivity index (χ0n) is 7.37. The monoisotopic (exact) mass is 167 g/mol. The van der Waals surface area contributed by atoms with Gasteiger partial charge in [-0.3, -0.25) is 9.48 Å². The van der Waals surface area contributed by atoms with Crippen molar-refractivity contribution in [2.24, 2.45) is 12.8 Å². The zero-order valence-corrected chi connectivity index (χ0v) is 7.37. The van der Waals surface area contributed by atoms with E-state index in [2.05, 4.69) is 12.0 Å². The van der Waals surface area contributed by atoms with Gasteiger partial charge in [0.2, 0.25) is 0 Å². The number of nitrogens with two attached hydrogens (primary N) is 1. The molecule has 0 unspecified atom stereocenters. The summed E-state index contributed by atoms with van der Waals surface area (Å²) in [6.07, 6.45) is 1.97. The average Bonchev–Trinajstić information content (AvgIpc) is 2.34. The van der Waals surface area contributed by atoms with Crippen molar-refractivity contribution in [3.63, 3.8) is 0 Å². The summed E-state index contributed by atoms with van der Waals surface area (Å²) in [4.78, 5) is 10.7. The van der Waals surface area contributed by atoms with E-state index in [4.69, 9.17) is 5.73 Å². The Morgan fingerprint density at radius 3 is 2.83 bits per heavy atom. The average molecular weight is 167 g/mol. The van der Waals surface area contributed by atoms with E-state index >= 15 is 0 Å². The number of rotatable bonds is 3. The van der Waals surface area contributed by atoms with Crippen LogP contribution in [-0.4, -0.2) is 15.7 Å². The van der Waals surface area contributed by atoms with Crippen molar-refractivity contribution in [3.05, 3.63) is 17.5 Å². The van der Waals surface area contributed by atoms with Crippen LogP contribution >= 0.6 is 0 Å². The lowest BCUT2D eigenvalue weighted by Crippen LogP contribution is -2.11. The van der Waals surface area contributed by atoms with Crippen LogP contribution in [0.2, 0.25) is 0 Å². The van der Waals surface area contributed by atoms with Crippen molar-refractivity contribution in [3.8, 4) is 0 Å². The van der Waals surface area contributed by atoms with E-state index in [9.17, 15) is 4.79 Å². The van der Waals surface area contributed by atoms with Gasteiger partial charge in [-0.15, -0.1) is 0 Å². The van der Waals surface area contributed by atoms with Gasteiger partial charge >= 0.3 is 0 Å². The highest BCUT2D eigenvalue weighted by Gasteiger charge is 2.07. The third-order valence-corrected chi connectivity index (χ3v) is 1.74. The molecule has 0 spiro atoms.